The summed E-state index contributed by atoms with van der Waals surface area (Å²) in [6, 6.07) is 3.73. The van der Waals surface area contributed by atoms with Crippen LogP contribution in [0.1, 0.15) is 19.8 Å². The van der Waals surface area contributed by atoms with Gasteiger partial charge in [-0.05, 0) is 24.6 Å². The van der Waals surface area contributed by atoms with Crippen LogP contribution in [0.3, 0.4) is 0 Å². The van der Waals surface area contributed by atoms with Crippen LogP contribution in [0.2, 0.25) is 5.02 Å². The van der Waals surface area contributed by atoms with Crippen molar-refractivity contribution >= 4 is 29.1 Å². The zero-order valence-corrected chi connectivity index (χ0v) is 11.6. The van der Waals surface area contributed by atoms with Gasteiger partial charge in [-0.25, -0.2) is 4.39 Å². The van der Waals surface area contributed by atoms with Crippen LogP contribution in [-0.2, 0) is 9.59 Å². The largest absolute Gasteiger partial charge is 0.338 e. The number of nitrogens with zero attached hydrogens (tertiary/aromatic N) is 1. The number of amides is 2. The lowest BCUT2D eigenvalue weighted by molar-refractivity contribution is -0.142. The van der Waals surface area contributed by atoms with Crippen LogP contribution in [0.5, 0.6) is 0 Å². The quantitative estimate of drug-likeness (QED) is 0.865. The zero-order valence-electron chi connectivity index (χ0n) is 10.9. The number of hydrogen-bond donors (Lipinski definition) is 1. The van der Waals surface area contributed by atoms with E-state index >= 15 is 0 Å². The Morgan fingerprint density at radius 2 is 2.11 bits per heavy atom. The number of carbonyl (C=O) groups is 2. The summed E-state index contributed by atoms with van der Waals surface area (Å²) in [5.74, 6) is -1.97. The van der Waals surface area contributed by atoms with Gasteiger partial charge in [0, 0.05) is 19.3 Å². The predicted octanol–water partition coefficient (Wildman–Crippen LogP) is 2.68. The molecule has 19 heavy (non-hydrogen) atoms. The van der Waals surface area contributed by atoms with Gasteiger partial charge in [0.15, 0.2) is 0 Å². The van der Waals surface area contributed by atoms with Crippen molar-refractivity contribution in [2.45, 2.75) is 19.8 Å². The molecule has 0 spiro atoms. The Hall–Kier alpha value is -1.62. The molecular weight excluding hydrogens is 271 g/mol. The van der Waals surface area contributed by atoms with E-state index in [1.165, 1.54) is 17.0 Å². The van der Waals surface area contributed by atoms with Crippen LogP contribution in [0.25, 0.3) is 0 Å². The molecule has 6 heteroatoms. The highest BCUT2D eigenvalue weighted by atomic mass is 35.5. The predicted molar refractivity (Wildman–Crippen MR) is 72.6 cm³/mol. The fourth-order valence-electron chi connectivity index (χ4n) is 1.43. The first-order valence-corrected chi connectivity index (χ1v) is 6.35. The minimum Gasteiger partial charge on any atom is -0.338 e. The summed E-state index contributed by atoms with van der Waals surface area (Å²) in [6.07, 6.45) is 1.77. The van der Waals surface area contributed by atoms with Gasteiger partial charge in [-0.3, -0.25) is 9.59 Å². The molecule has 104 valence electrons. The second kappa shape index (κ2) is 7.09. The van der Waals surface area contributed by atoms with Crippen LogP contribution < -0.4 is 5.32 Å². The van der Waals surface area contributed by atoms with Crippen LogP contribution in [0.4, 0.5) is 10.1 Å². The lowest BCUT2D eigenvalue weighted by Crippen LogP contribution is -2.37. The molecule has 0 fully saturated rings. The maximum atomic E-state index is 12.9. The summed E-state index contributed by atoms with van der Waals surface area (Å²) in [5.41, 5.74) is 0.286. The fraction of sp³-hybridized carbons (Fsp3) is 0.385. The van der Waals surface area contributed by atoms with E-state index < -0.39 is 17.6 Å². The lowest BCUT2D eigenvalue weighted by atomic mass is 10.3. The second-order valence-corrected chi connectivity index (χ2v) is 4.57. The highest BCUT2D eigenvalue weighted by Gasteiger charge is 2.18. The third kappa shape index (κ3) is 4.52. The number of benzene rings is 1. The number of halogens is 2. The summed E-state index contributed by atoms with van der Waals surface area (Å²) in [6.45, 7) is 2.52. The minimum absolute atomic E-state index is 0.107. The molecule has 0 unspecified atom stereocenters. The SMILES string of the molecule is CCCCN(C)C(=O)C(=O)Nc1ccc(F)c(Cl)c1. The van der Waals surface area contributed by atoms with Gasteiger partial charge in [-0.1, -0.05) is 24.9 Å². The van der Waals surface area contributed by atoms with Gasteiger partial charge in [0.1, 0.15) is 5.82 Å². The zero-order chi connectivity index (χ0) is 14.4. The van der Waals surface area contributed by atoms with Gasteiger partial charge in [-0.2, -0.15) is 0 Å². The van der Waals surface area contributed by atoms with Gasteiger partial charge in [0.25, 0.3) is 0 Å². The number of rotatable bonds is 4. The molecule has 0 atom stereocenters. The van der Waals surface area contributed by atoms with Crippen molar-refractivity contribution in [3.8, 4) is 0 Å². The van der Waals surface area contributed by atoms with E-state index in [1.54, 1.807) is 7.05 Å². The smallest absolute Gasteiger partial charge is 0.313 e. The Morgan fingerprint density at radius 3 is 2.68 bits per heavy atom. The van der Waals surface area contributed by atoms with E-state index in [2.05, 4.69) is 5.32 Å². The van der Waals surface area contributed by atoms with Gasteiger partial charge in [0.05, 0.1) is 5.02 Å². The van der Waals surface area contributed by atoms with Crippen LogP contribution in [0, 0.1) is 5.82 Å². The van der Waals surface area contributed by atoms with Crippen molar-refractivity contribution in [3.63, 3.8) is 0 Å². The summed E-state index contributed by atoms with van der Waals surface area (Å²) < 4.78 is 12.9. The molecule has 1 aromatic carbocycles. The Balaban J connectivity index is 2.63. The third-order valence-electron chi connectivity index (χ3n) is 2.57. The van der Waals surface area contributed by atoms with Crippen LogP contribution in [0.15, 0.2) is 18.2 Å². The van der Waals surface area contributed by atoms with Crippen molar-refractivity contribution in [1.29, 1.82) is 0 Å². The normalized spacial score (nSPS) is 10.1. The molecule has 0 bridgehead atoms. The highest BCUT2D eigenvalue weighted by Crippen LogP contribution is 2.19. The molecule has 0 radical (unpaired) electrons. The Kier molecular flexibility index (Phi) is 5.76. The number of nitrogens with one attached hydrogen (secondary N) is 1. The molecule has 0 aliphatic heterocycles. The number of unbranched alkanes of at least 4 members (excludes halogenated alkanes) is 1. The van der Waals surface area contributed by atoms with Crippen molar-refractivity contribution in [3.05, 3.63) is 29.0 Å². The molecule has 0 saturated heterocycles. The fourth-order valence-corrected chi connectivity index (χ4v) is 1.61. The lowest BCUT2D eigenvalue weighted by Gasteiger charge is -2.16. The van der Waals surface area contributed by atoms with Gasteiger partial charge in [-0.15, -0.1) is 0 Å². The van der Waals surface area contributed by atoms with E-state index in [0.29, 0.717) is 6.54 Å². The van der Waals surface area contributed by atoms with Crippen LogP contribution in [-0.4, -0.2) is 30.3 Å². The molecule has 0 saturated carbocycles. The Bertz CT molecular complexity index is 480. The van der Waals surface area contributed by atoms with E-state index in [9.17, 15) is 14.0 Å². The number of carbonyl (C=O) groups excluding carboxylic acids is 2. The molecule has 1 rings (SSSR count). The van der Waals surface area contributed by atoms with Gasteiger partial charge >= 0.3 is 11.8 Å². The van der Waals surface area contributed by atoms with E-state index in [4.69, 9.17) is 11.6 Å². The second-order valence-electron chi connectivity index (χ2n) is 4.16. The van der Waals surface area contributed by atoms with Crippen molar-refractivity contribution in [2.75, 3.05) is 18.9 Å². The van der Waals surface area contributed by atoms with Crippen molar-refractivity contribution in [1.82, 2.24) is 4.90 Å². The summed E-state index contributed by atoms with van der Waals surface area (Å²) in [7, 11) is 1.56. The molecule has 2 amide bonds. The molecule has 4 nitrogen and oxygen atoms in total. The maximum absolute atomic E-state index is 12.9. The summed E-state index contributed by atoms with van der Waals surface area (Å²) in [4.78, 5) is 24.7. The topological polar surface area (TPSA) is 49.4 Å². The Morgan fingerprint density at radius 1 is 1.42 bits per heavy atom. The number of hydrogen-bond acceptors (Lipinski definition) is 2. The number of anilines is 1. The highest BCUT2D eigenvalue weighted by molar-refractivity contribution is 6.39. The van der Waals surface area contributed by atoms with E-state index in [-0.39, 0.29) is 10.7 Å². The van der Waals surface area contributed by atoms with Crippen molar-refractivity contribution in [2.24, 2.45) is 0 Å². The molecule has 0 heterocycles. The molecule has 0 aliphatic rings. The monoisotopic (exact) mass is 286 g/mol. The first-order valence-electron chi connectivity index (χ1n) is 5.97. The molecular formula is C13H16ClFN2O2. The summed E-state index contributed by atoms with van der Waals surface area (Å²) >= 11 is 5.59. The first-order chi connectivity index (χ1) is 8.95. The molecule has 1 N–H and O–H groups in total. The van der Waals surface area contributed by atoms with E-state index in [0.717, 1.165) is 18.9 Å². The minimum atomic E-state index is -0.763. The first kappa shape index (κ1) is 15.4. The third-order valence-corrected chi connectivity index (χ3v) is 2.86. The Labute approximate surface area is 116 Å². The molecule has 0 aromatic heterocycles. The van der Waals surface area contributed by atoms with E-state index in [1.807, 2.05) is 6.92 Å². The average Bonchev–Trinajstić information content (AvgIpc) is 2.39. The molecule has 1 aromatic rings. The van der Waals surface area contributed by atoms with Gasteiger partial charge < -0.3 is 10.2 Å². The number of likely N-dealkylation sites (N-methyl/N-ethyl adjacent to an activating group) is 1. The summed E-state index contributed by atoms with van der Waals surface area (Å²) in [5, 5.41) is 2.28. The van der Waals surface area contributed by atoms with Crippen LogP contribution >= 0.6 is 11.6 Å². The van der Waals surface area contributed by atoms with Crippen molar-refractivity contribution < 1.29 is 14.0 Å². The molecule has 0 aliphatic carbocycles. The standard InChI is InChI=1S/C13H16ClFN2O2/c1-3-4-7-17(2)13(19)12(18)16-9-5-6-11(15)10(14)8-9/h5-6,8H,3-4,7H2,1-2H3,(H,16,18). The average molecular weight is 287 g/mol. The maximum Gasteiger partial charge on any atom is 0.313 e. The van der Waals surface area contributed by atoms with Gasteiger partial charge in [0.2, 0.25) is 0 Å².